The highest BCUT2D eigenvalue weighted by Gasteiger charge is 2.42. The Labute approximate surface area is 177 Å². The third-order valence-electron chi connectivity index (χ3n) is 5.65. The number of benzene rings is 2. The van der Waals surface area contributed by atoms with Crippen LogP contribution in [0.1, 0.15) is 82.1 Å². The van der Waals surface area contributed by atoms with Gasteiger partial charge in [0.1, 0.15) is 11.4 Å². The second-order valence-corrected chi connectivity index (χ2v) is 9.63. The number of hydrogen-bond donors (Lipinski definition) is 0. The van der Waals surface area contributed by atoms with E-state index in [0.717, 1.165) is 17.7 Å². The number of esters is 1. The van der Waals surface area contributed by atoms with Crippen molar-refractivity contribution in [3.05, 3.63) is 58.4 Å². The van der Waals surface area contributed by atoms with Crippen LogP contribution in [0.25, 0.3) is 0 Å². The van der Waals surface area contributed by atoms with E-state index in [1.54, 1.807) is 6.07 Å². The molecule has 2 aromatic carbocycles. The zero-order chi connectivity index (χ0) is 21.7. The Hall–Kier alpha value is -2.80. The van der Waals surface area contributed by atoms with Gasteiger partial charge >= 0.3 is 5.97 Å². The molecule has 2 aromatic rings. The van der Waals surface area contributed by atoms with Gasteiger partial charge in [-0.1, -0.05) is 25.7 Å². The third kappa shape index (κ3) is 4.21. The number of ether oxygens (including phenoxy) is 2. The Morgan fingerprint density at radius 1 is 1.10 bits per heavy atom. The highest BCUT2D eigenvalue weighted by Crippen LogP contribution is 2.52. The molecule has 3 nitrogen and oxygen atoms in total. The van der Waals surface area contributed by atoms with Crippen LogP contribution >= 0.6 is 0 Å². The van der Waals surface area contributed by atoms with Gasteiger partial charge in [-0.3, -0.25) is 4.79 Å². The van der Waals surface area contributed by atoms with Gasteiger partial charge in [0, 0.05) is 23.6 Å². The van der Waals surface area contributed by atoms with Crippen molar-refractivity contribution in [3.63, 3.8) is 0 Å². The Kier molecular flexibility index (Phi) is 4.89. The molecule has 0 saturated heterocycles. The maximum absolute atomic E-state index is 14.2. The molecule has 0 aromatic heterocycles. The van der Waals surface area contributed by atoms with Crippen molar-refractivity contribution in [2.45, 2.75) is 70.8 Å². The molecule has 4 heteroatoms. The summed E-state index contributed by atoms with van der Waals surface area (Å²) in [5.41, 5.74) is 3.67. The van der Waals surface area contributed by atoms with Crippen LogP contribution < -0.4 is 9.47 Å². The normalized spacial score (nSPS) is 18.5. The molecule has 1 aliphatic carbocycles. The van der Waals surface area contributed by atoms with E-state index in [1.807, 2.05) is 0 Å². The van der Waals surface area contributed by atoms with E-state index in [-0.39, 0.29) is 16.8 Å². The van der Waals surface area contributed by atoms with E-state index in [1.165, 1.54) is 43.0 Å². The van der Waals surface area contributed by atoms with Crippen LogP contribution in [0, 0.1) is 17.7 Å². The number of fused-ring (bicyclic) bond motifs is 1. The molecular formula is C26H27FO3. The second-order valence-electron chi connectivity index (χ2n) is 9.63. The first kappa shape index (κ1) is 20.5. The molecule has 1 fully saturated rings. The van der Waals surface area contributed by atoms with Crippen molar-refractivity contribution in [1.82, 2.24) is 0 Å². The molecule has 0 spiro atoms. The molecule has 0 amide bonds. The van der Waals surface area contributed by atoms with E-state index in [9.17, 15) is 9.18 Å². The molecule has 1 heterocycles. The van der Waals surface area contributed by atoms with E-state index in [0.29, 0.717) is 11.5 Å². The van der Waals surface area contributed by atoms with Crippen LogP contribution in [0.5, 0.6) is 11.5 Å². The van der Waals surface area contributed by atoms with Gasteiger partial charge in [0.25, 0.3) is 0 Å². The van der Waals surface area contributed by atoms with Gasteiger partial charge in [0.15, 0.2) is 11.6 Å². The number of carbonyl (C=O) groups excluding carboxylic acids is 1. The Morgan fingerprint density at radius 3 is 2.43 bits per heavy atom. The van der Waals surface area contributed by atoms with E-state index in [4.69, 9.17) is 9.47 Å². The molecule has 30 heavy (non-hydrogen) atoms. The molecular weight excluding hydrogens is 379 g/mol. The van der Waals surface area contributed by atoms with Crippen LogP contribution in [-0.4, -0.2) is 11.6 Å². The van der Waals surface area contributed by atoms with Gasteiger partial charge < -0.3 is 9.47 Å². The summed E-state index contributed by atoms with van der Waals surface area (Å²) in [6.07, 6.45) is 3.28. The van der Waals surface area contributed by atoms with E-state index >= 15 is 0 Å². The molecule has 156 valence electrons. The SMILES string of the molecule is CC(=O)Oc1ccc(C#Cc2cc(C3CC3)c3c(c2)C(C)(C)CC(C)(C)O3)cc1F. The lowest BCUT2D eigenvalue weighted by atomic mass is 9.72. The standard InChI is InChI=1S/C26H27FO3/c1-16(28)29-23-11-8-17(14-22(23)27)6-7-18-12-20(19-9-10-19)24-21(13-18)25(2,3)15-26(4,5)30-24/h8,11-14,19H,9-10,15H2,1-5H3. The van der Waals surface area contributed by atoms with E-state index < -0.39 is 11.8 Å². The summed E-state index contributed by atoms with van der Waals surface area (Å²) in [6.45, 7) is 10.1. The number of halogens is 1. The minimum atomic E-state index is -0.599. The first-order valence-corrected chi connectivity index (χ1v) is 10.4. The van der Waals surface area contributed by atoms with Crippen LogP contribution in [0.2, 0.25) is 0 Å². The predicted molar refractivity (Wildman–Crippen MR) is 114 cm³/mol. The molecule has 2 aliphatic rings. The molecule has 0 radical (unpaired) electrons. The molecule has 0 unspecified atom stereocenters. The zero-order valence-corrected chi connectivity index (χ0v) is 18.2. The van der Waals surface area contributed by atoms with Gasteiger partial charge in [-0.2, -0.15) is 0 Å². The fraction of sp³-hybridized carbons (Fsp3) is 0.423. The fourth-order valence-corrected chi connectivity index (χ4v) is 4.47. The van der Waals surface area contributed by atoms with Gasteiger partial charge in [0.05, 0.1) is 0 Å². The Bertz CT molecular complexity index is 1080. The lowest BCUT2D eigenvalue weighted by Gasteiger charge is -2.43. The summed E-state index contributed by atoms with van der Waals surface area (Å²) >= 11 is 0. The van der Waals surface area contributed by atoms with Crippen LogP contribution in [-0.2, 0) is 10.2 Å². The average Bonchev–Trinajstić information content (AvgIpc) is 3.45. The molecule has 0 N–H and O–H groups in total. The van der Waals surface area contributed by atoms with Crippen molar-refractivity contribution in [3.8, 4) is 23.3 Å². The highest BCUT2D eigenvalue weighted by molar-refractivity contribution is 5.69. The Morgan fingerprint density at radius 2 is 1.80 bits per heavy atom. The molecule has 4 rings (SSSR count). The summed E-state index contributed by atoms with van der Waals surface area (Å²) in [6, 6.07) is 8.63. The van der Waals surface area contributed by atoms with Crippen molar-refractivity contribution in [2.75, 3.05) is 0 Å². The van der Waals surface area contributed by atoms with Crippen LogP contribution in [0.3, 0.4) is 0 Å². The van der Waals surface area contributed by atoms with Crippen LogP contribution in [0.15, 0.2) is 30.3 Å². The second kappa shape index (κ2) is 7.16. The van der Waals surface area contributed by atoms with Crippen molar-refractivity contribution in [1.29, 1.82) is 0 Å². The third-order valence-corrected chi connectivity index (χ3v) is 5.65. The zero-order valence-electron chi connectivity index (χ0n) is 18.2. The lowest BCUT2D eigenvalue weighted by Crippen LogP contribution is -2.41. The number of rotatable bonds is 2. The van der Waals surface area contributed by atoms with E-state index in [2.05, 4.69) is 51.7 Å². The number of carbonyl (C=O) groups is 1. The molecule has 0 bridgehead atoms. The maximum atomic E-state index is 14.2. The molecule has 1 aliphatic heterocycles. The quantitative estimate of drug-likeness (QED) is 0.356. The van der Waals surface area contributed by atoms with Crippen LogP contribution in [0.4, 0.5) is 4.39 Å². The lowest BCUT2D eigenvalue weighted by molar-refractivity contribution is -0.132. The smallest absolute Gasteiger partial charge is 0.308 e. The predicted octanol–water partition coefficient (Wildman–Crippen LogP) is 5.87. The van der Waals surface area contributed by atoms with Crippen molar-refractivity contribution in [2.24, 2.45) is 0 Å². The summed E-state index contributed by atoms with van der Waals surface area (Å²) in [4.78, 5) is 11.0. The Balaban J connectivity index is 1.72. The van der Waals surface area contributed by atoms with Gasteiger partial charge in [-0.05, 0) is 80.3 Å². The maximum Gasteiger partial charge on any atom is 0.308 e. The minimum absolute atomic E-state index is 0.0177. The van der Waals surface area contributed by atoms with Gasteiger partial charge in [-0.25, -0.2) is 4.39 Å². The minimum Gasteiger partial charge on any atom is -0.487 e. The monoisotopic (exact) mass is 406 g/mol. The molecule has 0 atom stereocenters. The van der Waals surface area contributed by atoms with Gasteiger partial charge in [-0.15, -0.1) is 0 Å². The highest BCUT2D eigenvalue weighted by atomic mass is 19.1. The largest absolute Gasteiger partial charge is 0.487 e. The number of hydrogen-bond acceptors (Lipinski definition) is 3. The van der Waals surface area contributed by atoms with Gasteiger partial charge in [0.2, 0.25) is 0 Å². The fourth-order valence-electron chi connectivity index (χ4n) is 4.47. The first-order valence-electron chi connectivity index (χ1n) is 10.4. The first-order chi connectivity index (χ1) is 14.0. The topological polar surface area (TPSA) is 35.5 Å². The summed E-state index contributed by atoms with van der Waals surface area (Å²) in [5, 5.41) is 0. The van der Waals surface area contributed by atoms with Crippen molar-refractivity contribution < 1.29 is 18.7 Å². The van der Waals surface area contributed by atoms with Crippen molar-refractivity contribution >= 4 is 5.97 Å². The summed E-state index contributed by atoms with van der Waals surface area (Å²) < 4.78 is 25.4. The average molecular weight is 406 g/mol. The summed E-state index contributed by atoms with van der Waals surface area (Å²) in [7, 11) is 0. The summed E-state index contributed by atoms with van der Waals surface area (Å²) in [5.74, 6) is 6.57. The molecule has 1 saturated carbocycles.